The van der Waals surface area contributed by atoms with Crippen molar-refractivity contribution < 1.29 is 9.63 Å². The first-order valence-corrected chi connectivity index (χ1v) is 3.72. The van der Waals surface area contributed by atoms with E-state index in [2.05, 4.69) is 12.4 Å². The van der Waals surface area contributed by atoms with Crippen molar-refractivity contribution >= 4 is 6.41 Å². The van der Waals surface area contributed by atoms with E-state index in [1.165, 1.54) is 19.3 Å². The fourth-order valence-corrected chi connectivity index (χ4v) is 0.694. The van der Waals surface area contributed by atoms with Crippen molar-refractivity contribution in [1.29, 1.82) is 0 Å². The molecule has 0 aromatic carbocycles. The summed E-state index contributed by atoms with van der Waals surface area (Å²) >= 11 is 0. The first-order valence-electron chi connectivity index (χ1n) is 3.72. The van der Waals surface area contributed by atoms with Crippen molar-refractivity contribution in [3.05, 3.63) is 0 Å². The quantitative estimate of drug-likeness (QED) is 0.332. The van der Waals surface area contributed by atoms with Crippen molar-refractivity contribution in [2.45, 2.75) is 32.6 Å². The van der Waals surface area contributed by atoms with Crippen LogP contribution in [0, 0.1) is 0 Å². The highest BCUT2D eigenvalue weighted by molar-refractivity contribution is 5.43. The van der Waals surface area contributed by atoms with Gasteiger partial charge in [0.25, 0.3) is 0 Å². The van der Waals surface area contributed by atoms with E-state index in [1.54, 1.807) is 0 Å². The molecule has 3 nitrogen and oxygen atoms in total. The predicted molar refractivity (Wildman–Crippen MR) is 39.3 cm³/mol. The second-order valence-corrected chi connectivity index (χ2v) is 2.14. The van der Waals surface area contributed by atoms with Crippen LogP contribution in [0.25, 0.3) is 0 Å². The standard InChI is InChI=1S/C7H15NO2/c1-2-3-4-5-6-10-8-7-9/h7H,2-6H2,1H3,(H,8,9). The number of carbonyl (C=O) groups is 1. The number of amides is 1. The Balaban J connectivity index is 2.70. The first-order chi connectivity index (χ1) is 4.91. The van der Waals surface area contributed by atoms with Crippen LogP contribution in [0.1, 0.15) is 32.6 Å². The van der Waals surface area contributed by atoms with Crippen molar-refractivity contribution in [2.24, 2.45) is 0 Å². The van der Waals surface area contributed by atoms with Crippen molar-refractivity contribution in [3.8, 4) is 0 Å². The highest BCUT2D eigenvalue weighted by Gasteiger charge is 1.86. The molecule has 0 aromatic heterocycles. The molecule has 1 N–H and O–H groups in total. The smallest absolute Gasteiger partial charge is 0.230 e. The molecule has 3 heteroatoms. The number of nitrogens with one attached hydrogen (secondary N) is 1. The number of unbranched alkanes of at least 4 members (excludes halogenated alkanes) is 3. The minimum Gasteiger partial charge on any atom is -0.277 e. The molecule has 1 amide bonds. The topological polar surface area (TPSA) is 38.3 Å². The predicted octanol–water partition coefficient (Wildman–Crippen LogP) is 1.24. The van der Waals surface area contributed by atoms with E-state index in [1.807, 2.05) is 0 Å². The van der Waals surface area contributed by atoms with E-state index in [-0.39, 0.29) is 0 Å². The average molecular weight is 145 g/mol. The molecule has 0 unspecified atom stereocenters. The summed E-state index contributed by atoms with van der Waals surface area (Å²) in [6, 6.07) is 0. The van der Waals surface area contributed by atoms with E-state index in [0.29, 0.717) is 13.0 Å². The van der Waals surface area contributed by atoms with Crippen LogP contribution in [-0.4, -0.2) is 13.0 Å². The molecule has 0 fully saturated rings. The molecule has 0 bridgehead atoms. The van der Waals surface area contributed by atoms with Crippen LogP contribution in [0.15, 0.2) is 0 Å². The number of rotatable bonds is 7. The minimum absolute atomic E-state index is 0.541. The molecule has 0 saturated carbocycles. The van der Waals surface area contributed by atoms with Gasteiger partial charge in [-0.25, -0.2) is 5.48 Å². The summed E-state index contributed by atoms with van der Waals surface area (Å²) < 4.78 is 0. The van der Waals surface area contributed by atoms with Gasteiger partial charge in [-0.1, -0.05) is 26.2 Å². The van der Waals surface area contributed by atoms with Crippen LogP contribution < -0.4 is 5.48 Å². The van der Waals surface area contributed by atoms with Gasteiger partial charge >= 0.3 is 0 Å². The molecule has 0 aliphatic heterocycles. The van der Waals surface area contributed by atoms with E-state index < -0.39 is 0 Å². The molecule has 0 aliphatic rings. The molecule has 0 radical (unpaired) electrons. The fourth-order valence-electron chi connectivity index (χ4n) is 0.694. The van der Waals surface area contributed by atoms with Gasteiger partial charge in [-0.2, -0.15) is 0 Å². The lowest BCUT2D eigenvalue weighted by Gasteiger charge is -1.98. The first kappa shape index (κ1) is 9.43. The molecular formula is C7H15NO2. The molecular weight excluding hydrogens is 130 g/mol. The second-order valence-electron chi connectivity index (χ2n) is 2.14. The maximum atomic E-state index is 9.66. The van der Waals surface area contributed by atoms with Crippen LogP contribution in [0.3, 0.4) is 0 Å². The van der Waals surface area contributed by atoms with E-state index >= 15 is 0 Å². The molecule has 0 aromatic rings. The molecule has 0 heterocycles. The summed E-state index contributed by atoms with van der Waals surface area (Å²) in [6.45, 7) is 2.78. The van der Waals surface area contributed by atoms with Gasteiger partial charge in [0.2, 0.25) is 6.41 Å². The Hall–Kier alpha value is -0.570. The lowest BCUT2D eigenvalue weighted by Crippen LogP contribution is -2.12. The van der Waals surface area contributed by atoms with Crippen molar-refractivity contribution in [1.82, 2.24) is 5.48 Å². The third kappa shape index (κ3) is 7.43. The summed E-state index contributed by atoms with van der Waals surface area (Å²) in [6.07, 6.45) is 5.21. The van der Waals surface area contributed by atoms with Gasteiger partial charge in [-0.3, -0.25) is 9.63 Å². The zero-order valence-electron chi connectivity index (χ0n) is 6.43. The Morgan fingerprint density at radius 1 is 1.40 bits per heavy atom. The molecule has 0 saturated heterocycles. The van der Waals surface area contributed by atoms with Crippen LogP contribution in [0.5, 0.6) is 0 Å². The van der Waals surface area contributed by atoms with E-state index in [4.69, 9.17) is 4.84 Å². The van der Waals surface area contributed by atoms with Crippen LogP contribution in [0.4, 0.5) is 0 Å². The number of hydrogen-bond acceptors (Lipinski definition) is 2. The second kappa shape index (κ2) is 8.43. The Bertz CT molecular complexity index is 76.0. The maximum Gasteiger partial charge on any atom is 0.230 e. The van der Waals surface area contributed by atoms with Gasteiger partial charge in [0.05, 0.1) is 6.61 Å². The van der Waals surface area contributed by atoms with Gasteiger partial charge in [0.1, 0.15) is 0 Å². The summed E-state index contributed by atoms with van der Waals surface area (Å²) in [5.41, 5.74) is 2.14. The highest BCUT2D eigenvalue weighted by Crippen LogP contribution is 1.97. The molecule has 10 heavy (non-hydrogen) atoms. The molecule has 0 rings (SSSR count). The Kier molecular flexibility index (Phi) is 7.95. The Labute approximate surface area is 61.7 Å². The van der Waals surface area contributed by atoms with Gasteiger partial charge in [0.15, 0.2) is 0 Å². The zero-order chi connectivity index (χ0) is 7.66. The maximum absolute atomic E-state index is 9.66. The molecule has 0 aliphatic carbocycles. The Morgan fingerprint density at radius 2 is 2.20 bits per heavy atom. The number of hydrogen-bond donors (Lipinski definition) is 1. The largest absolute Gasteiger partial charge is 0.277 e. The van der Waals surface area contributed by atoms with Crippen molar-refractivity contribution in [3.63, 3.8) is 0 Å². The van der Waals surface area contributed by atoms with E-state index in [0.717, 1.165) is 6.42 Å². The summed E-state index contributed by atoms with van der Waals surface area (Å²) in [7, 11) is 0. The number of carbonyl (C=O) groups excluding carboxylic acids is 1. The molecule has 60 valence electrons. The number of hydroxylamine groups is 1. The summed E-state index contributed by atoms with van der Waals surface area (Å²) in [4.78, 5) is 14.4. The van der Waals surface area contributed by atoms with E-state index in [9.17, 15) is 4.79 Å². The minimum atomic E-state index is 0.541. The third-order valence-corrected chi connectivity index (χ3v) is 1.23. The zero-order valence-corrected chi connectivity index (χ0v) is 6.43. The van der Waals surface area contributed by atoms with Gasteiger partial charge in [-0.15, -0.1) is 0 Å². The fraction of sp³-hybridized carbons (Fsp3) is 0.857. The average Bonchev–Trinajstić information content (AvgIpc) is 1.97. The van der Waals surface area contributed by atoms with Crippen LogP contribution >= 0.6 is 0 Å². The summed E-state index contributed by atoms with van der Waals surface area (Å²) in [5.74, 6) is 0. The molecule has 0 atom stereocenters. The van der Waals surface area contributed by atoms with Gasteiger partial charge in [0, 0.05) is 0 Å². The monoisotopic (exact) mass is 145 g/mol. The van der Waals surface area contributed by atoms with Gasteiger partial charge in [-0.05, 0) is 6.42 Å². The summed E-state index contributed by atoms with van der Waals surface area (Å²) in [5, 5.41) is 0. The SMILES string of the molecule is CCCCCCONC=O. The van der Waals surface area contributed by atoms with Crippen LogP contribution in [-0.2, 0) is 9.63 Å². The van der Waals surface area contributed by atoms with Crippen LogP contribution in [0.2, 0.25) is 0 Å². The van der Waals surface area contributed by atoms with Crippen molar-refractivity contribution in [2.75, 3.05) is 6.61 Å². The third-order valence-electron chi connectivity index (χ3n) is 1.23. The Morgan fingerprint density at radius 3 is 2.80 bits per heavy atom. The molecule has 0 spiro atoms. The highest BCUT2D eigenvalue weighted by atomic mass is 16.6. The lowest BCUT2D eigenvalue weighted by atomic mass is 10.2. The van der Waals surface area contributed by atoms with Gasteiger partial charge < -0.3 is 0 Å². The lowest BCUT2D eigenvalue weighted by molar-refractivity contribution is -0.120. The normalized spacial score (nSPS) is 9.30.